The molecule has 0 spiro atoms. The third-order valence-electron chi connectivity index (χ3n) is 4.72. The van der Waals surface area contributed by atoms with Gasteiger partial charge in [-0.2, -0.15) is 0 Å². The molecular weight excluding hydrogens is 414 g/mol. The van der Waals surface area contributed by atoms with Crippen molar-refractivity contribution in [1.82, 2.24) is 9.13 Å². The minimum Gasteiger partial charge on any atom is -0.494 e. The third kappa shape index (κ3) is 5.27. The lowest BCUT2D eigenvalue weighted by molar-refractivity contribution is 0.344. The summed E-state index contributed by atoms with van der Waals surface area (Å²) in [5.74, 6) is 0.833. The van der Waals surface area contributed by atoms with Gasteiger partial charge < -0.3 is 9.84 Å². The molecule has 0 radical (unpaired) electrons. The molecule has 0 atom stereocenters. The number of ether oxygens (including phenoxy) is 1. The lowest BCUT2D eigenvalue weighted by Gasteiger charge is -2.13. The minimum absolute atomic E-state index is 0.00879. The highest BCUT2D eigenvalue weighted by atomic mass is 32.2. The van der Waals surface area contributed by atoms with Crippen molar-refractivity contribution in [1.29, 1.82) is 0 Å². The van der Waals surface area contributed by atoms with Crippen molar-refractivity contribution in [3.05, 3.63) is 86.1 Å². The van der Waals surface area contributed by atoms with E-state index in [4.69, 9.17) is 4.74 Å². The lowest BCUT2D eigenvalue weighted by Crippen LogP contribution is -2.39. The Labute approximate surface area is 184 Å². The number of hydrogen-bond donors (Lipinski definition) is 1. The van der Waals surface area contributed by atoms with Crippen molar-refractivity contribution in [3.63, 3.8) is 0 Å². The van der Waals surface area contributed by atoms with Crippen LogP contribution in [-0.4, -0.2) is 31.6 Å². The van der Waals surface area contributed by atoms with Crippen molar-refractivity contribution in [2.45, 2.75) is 13.8 Å². The van der Waals surface area contributed by atoms with Crippen molar-refractivity contribution >= 4 is 22.5 Å². The normalized spacial score (nSPS) is 11.5. The van der Waals surface area contributed by atoms with Crippen LogP contribution in [-0.2, 0) is 14.1 Å². The summed E-state index contributed by atoms with van der Waals surface area (Å²) in [6.45, 7) is 4.36. The van der Waals surface area contributed by atoms with E-state index in [9.17, 15) is 14.7 Å². The molecule has 0 saturated heterocycles. The zero-order valence-corrected chi connectivity index (χ0v) is 18.8. The highest BCUT2D eigenvalue weighted by molar-refractivity contribution is 8.14. The SMILES string of the molecule is Cc1ccc(N=C(SCCOc2ccc(C)cc2)c2c(O)n(C)c(=O)n(C)c2=O)cc1. The molecule has 1 heterocycles. The van der Waals surface area contributed by atoms with E-state index in [0.717, 1.165) is 26.0 Å². The van der Waals surface area contributed by atoms with E-state index in [1.165, 1.54) is 25.9 Å². The van der Waals surface area contributed by atoms with Crippen molar-refractivity contribution in [2.24, 2.45) is 19.1 Å². The molecule has 0 amide bonds. The summed E-state index contributed by atoms with van der Waals surface area (Å²) in [5.41, 5.74) is 1.66. The Kier molecular flexibility index (Phi) is 7.02. The Morgan fingerprint density at radius 3 is 2.16 bits per heavy atom. The number of aromatic hydroxyl groups is 1. The van der Waals surface area contributed by atoms with Gasteiger partial charge in [0.25, 0.3) is 5.56 Å². The first-order chi connectivity index (χ1) is 14.8. The molecule has 2 aromatic carbocycles. The van der Waals surface area contributed by atoms with Crippen molar-refractivity contribution in [3.8, 4) is 11.6 Å². The second-order valence-electron chi connectivity index (χ2n) is 7.17. The van der Waals surface area contributed by atoms with Gasteiger partial charge in [-0.3, -0.25) is 13.9 Å². The van der Waals surface area contributed by atoms with E-state index in [0.29, 0.717) is 23.1 Å². The molecule has 8 heteroatoms. The van der Waals surface area contributed by atoms with Gasteiger partial charge in [0, 0.05) is 19.8 Å². The smallest absolute Gasteiger partial charge is 0.333 e. The van der Waals surface area contributed by atoms with Crippen molar-refractivity contribution in [2.75, 3.05) is 12.4 Å². The summed E-state index contributed by atoms with van der Waals surface area (Å²) >= 11 is 1.28. The number of aryl methyl sites for hydroxylation is 2. The van der Waals surface area contributed by atoms with Crippen LogP contribution in [0.5, 0.6) is 11.6 Å². The topological polar surface area (TPSA) is 85.8 Å². The molecule has 0 aliphatic heterocycles. The molecule has 1 N–H and O–H groups in total. The fourth-order valence-electron chi connectivity index (χ4n) is 2.85. The first-order valence-electron chi connectivity index (χ1n) is 9.75. The molecule has 0 unspecified atom stereocenters. The molecule has 0 bridgehead atoms. The van der Waals surface area contributed by atoms with Gasteiger partial charge in [-0.1, -0.05) is 35.4 Å². The maximum absolute atomic E-state index is 12.8. The molecular formula is C23H25N3O4S. The van der Waals surface area contributed by atoms with Crippen LogP contribution in [0.1, 0.15) is 16.7 Å². The van der Waals surface area contributed by atoms with Gasteiger partial charge in [0.1, 0.15) is 16.4 Å². The molecule has 3 aromatic rings. The number of thioether (sulfide) groups is 1. The first-order valence-corrected chi connectivity index (χ1v) is 10.7. The maximum Gasteiger partial charge on any atom is 0.333 e. The van der Waals surface area contributed by atoms with Crippen molar-refractivity contribution < 1.29 is 9.84 Å². The average Bonchev–Trinajstić information content (AvgIpc) is 2.76. The lowest BCUT2D eigenvalue weighted by atomic mass is 10.2. The minimum atomic E-state index is -0.603. The monoisotopic (exact) mass is 439 g/mol. The van der Waals surface area contributed by atoms with Crippen LogP contribution in [0.25, 0.3) is 0 Å². The molecule has 3 rings (SSSR count). The number of benzene rings is 2. The summed E-state index contributed by atoms with van der Waals surface area (Å²) in [6.07, 6.45) is 0. The van der Waals surface area contributed by atoms with Gasteiger partial charge in [-0.25, -0.2) is 9.79 Å². The van der Waals surface area contributed by atoms with E-state index in [-0.39, 0.29) is 5.56 Å². The maximum atomic E-state index is 12.8. The predicted octanol–water partition coefficient (Wildman–Crippen LogP) is 3.30. The van der Waals surface area contributed by atoms with Gasteiger partial charge >= 0.3 is 5.69 Å². The zero-order valence-electron chi connectivity index (χ0n) is 18.0. The van der Waals surface area contributed by atoms with Crippen LogP contribution in [0.2, 0.25) is 0 Å². The predicted molar refractivity (Wildman–Crippen MR) is 125 cm³/mol. The Balaban J connectivity index is 1.91. The molecule has 31 heavy (non-hydrogen) atoms. The third-order valence-corrected chi connectivity index (χ3v) is 5.66. The summed E-state index contributed by atoms with van der Waals surface area (Å²) in [6, 6.07) is 15.2. The number of aromatic nitrogens is 2. The van der Waals surface area contributed by atoms with Crippen LogP contribution < -0.4 is 16.0 Å². The fraction of sp³-hybridized carbons (Fsp3) is 0.261. The van der Waals surface area contributed by atoms with Gasteiger partial charge in [0.05, 0.1) is 12.3 Å². The summed E-state index contributed by atoms with van der Waals surface area (Å²) in [4.78, 5) is 29.5. The number of hydrogen-bond acceptors (Lipinski definition) is 6. The number of aliphatic imine (C=N–C) groups is 1. The molecule has 162 valence electrons. The molecule has 7 nitrogen and oxygen atoms in total. The Morgan fingerprint density at radius 1 is 0.968 bits per heavy atom. The number of rotatable bonds is 6. The quantitative estimate of drug-likeness (QED) is 0.362. The molecule has 0 aliphatic rings. The highest BCUT2D eigenvalue weighted by Crippen LogP contribution is 2.23. The molecule has 0 aliphatic carbocycles. The Morgan fingerprint density at radius 2 is 1.55 bits per heavy atom. The van der Waals surface area contributed by atoms with Crippen LogP contribution in [0.15, 0.2) is 63.1 Å². The number of nitrogens with zero attached hydrogens (tertiary/aromatic N) is 3. The van der Waals surface area contributed by atoms with Gasteiger partial charge in [-0.15, -0.1) is 11.8 Å². The van der Waals surface area contributed by atoms with E-state index in [2.05, 4.69) is 4.99 Å². The first kappa shape index (κ1) is 22.4. The van der Waals surface area contributed by atoms with E-state index in [1.54, 1.807) is 0 Å². The van der Waals surface area contributed by atoms with Gasteiger partial charge in [0.2, 0.25) is 5.88 Å². The van der Waals surface area contributed by atoms with Gasteiger partial charge in [-0.05, 0) is 38.1 Å². The molecule has 1 aromatic heterocycles. The Bertz CT molecular complexity index is 1210. The average molecular weight is 440 g/mol. The van der Waals surface area contributed by atoms with E-state index in [1.807, 2.05) is 62.4 Å². The molecule has 0 saturated carbocycles. The largest absolute Gasteiger partial charge is 0.494 e. The van der Waals surface area contributed by atoms with E-state index >= 15 is 0 Å². The van der Waals surface area contributed by atoms with Crippen LogP contribution in [0.3, 0.4) is 0 Å². The summed E-state index contributed by atoms with van der Waals surface area (Å²) in [5, 5.41) is 10.9. The van der Waals surface area contributed by atoms with E-state index < -0.39 is 17.1 Å². The second-order valence-corrected chi connectivity index (χ2v) is 8.25. The van der Waals surface area contributed by atoms with Gasteiger partial charge in [0.15, 0.2) is 0 Å². The zero-order chi connectivity index (χ0) is 22.5. The second kappa shape index (κ2) is 9.70. The Hall–Kier alpha value is -3.26. The fourth-order valence-corrected chi connectivity index (χ4v) is 3.70. The highest BCUT2D eigenvalue weighted by Gasteiger charge is 2.21. The summed E-state index contributed by atoms with van der Waals surface area (Å²) < 4.78 is 7.76. The standard InChI is InChI=1S/C23H25N3O4S/c1-15-5-9-17(10-6-15)24-20(19-21(27)25(3)23(29)26(4)22(19)28)31-14-13-30-18-11-7-16(2)8-12-18/h5-12,27H,13-14H2,1-4H3. The van der Waals surface area contributed by atoms with Crippen LogP contribution in [0, 0.1) is 13.8 Å². The van der Waals surface area contributed by atoms with Crippen LogP contribution >= 0.6 is 11.8 Å². The van der Waals surface area contributed by atoms with Crippen LogP contribution in [0.4, 0.5) is 5.69 Å². The summed E-state index contributed by atoms with van der Waals surface area (Å²) in [7, 11) is 2.79. The molecule has 0 fully saturated rings.